The van der Waals surface area contributed by atoms with Crippen molar-refractivity contribution < 1.29 is 14.4 Å². The monoisotopic (exact) mass is 213 g/mol. The molecular formula is C9H15N3O3. The van der Waals surface area contributed by atoms with E-state index in [4.69, 9.17) is 4.84 Å². The van der Waals surface area contributed by atoms with Crippen LogP contribution in [0.3, 0.4) is 0 Å². The fourth-order valence-corrected chi connectivity index (χ4v) is 1.74. The van der Waals surface area contributed by atoms with Crippen molar-refractivity contribution in [3.8, 4) is 0 Å². The van der Waals surface area contributed by atoms with Gasteiger partial charge in [-0.15, -0.1) is 0 Å². The standard InChI is InChI=1S/C9H15N3O3/c13-8-7-10-3-6-12(8)15-9(14)11-4-1-2-5-11/h10H,1-7H2. The maximum atomic E-state index is 11.5. The lowest BCUT2D eigenvalue weighted by Gasteiger charge is -2.27. The number of amides is 2. The highest BCUT2D eigenvalue weighted by molar-refractivity contribution is 5.80. The molecule has 0 aromatic heterocycles. The highest BCUT2D eigenvalue weighted by Gasteiger charge is 2.26. The number of hydrogen-bond donors (Lipinski definition) is 1. The van der Waals surface area contributed by atoms with Gasteiger partial charge in [-0.2, -0.15) is 5.06 Å². The Morgan fingerprint density at radius 3 is 2.67 bits per heavy atom. The summed E-state index contributed by atoms with van der Waals surface area (Å²) in [6, 6.07) is 0. The molecule has 2 amide bonds. The second kappa shape index (κ2) is 4.48. The summed E-state index contributed by atoms with van der Waals surface area (Å²) in [4.78, 5) is 29.5. The van der Waals surface area contributed by atoms with E-state index in [-0.39, 0.29) is 12.5 Å². The molecule has 15 heavy (non-hydrogen) atoms. The number of hydroxylamine groups is 2. The maximum Gasteiger partial charge on any atom is 0.434 e. The van der Waals surface area contributed by atoms with Gasteiger partial charge in [-0.25, -0.2) is 4.79 Å². The molecule has 6 heteroatoms. The van der Waals surface area contributed by atoms with Crippen LogP contribution in [0.5, 0.6) is 0 Å². The summed E-state index contributed by atoms with van der Waals surface area (Å²) in [6.07, 6.45) is 1.64. The highest BCUT2D eigenvalue weighted by atomic mass is 16.7. The van der Waals surface area contributed by atoms with Crippen LogP contribution >= 0.6 is 0 Å². The van der Waals surface area contributed by atoms with Gasteiger partial charge in [0.05, 0.1) is 13.1 Å². The molecule has 6 nitrogen and oxygen atoms in total. The van der Waals surface area contributed by atoms with E-state index in [0.29, 0.717) is 13.1 Å². The van der Waals surface area contributed by atoms with E-state index in [1.807, 2.05) is 0 Å². The predicted molar refractivity (Wildman–Crippen MR) is 51.9 cm³/mol. The van der Waals surface area contributed by atoms with Crippen molar-refractivity contribution >= 4 is 12.0 Å². The van der Waals surface area contributed by atoms with Gasteiger partial charge in [0, 0.05) is 19.6 Å². The van der Waals surface area contributed by atoms with Crippen molar-refractivity contribution in [3.05, 3.63) is 0 Å². The molecule has 0 unspecified atom stereocenters. The predicted octanol–water partition coefficient (Wildman–Crippen LogP) is -0.434. The van der Waals surface area contributed by atoms with Crippen LogP contribution in [0, 0.1) is 0 Å². The molecule has 0 aromatic carbocycles. The van der Waals surface area contributed by atoms with Crippen molar-refractivity contribution in [1.82, 2.24) is 15.3 Å². The first-order valence-electron chi connectivity index (χ1n) is 5.25. The third-order valence-corrected chi connectivity index (χ3v) is 2.60. The first kappa shape index (κ1) is 10.2. The van der Waals surface area contributed by atoms with Crippen molar-refractivity contribution in [2.24, 2.45) is 0 Å². The fraction of sp³-hybridized carbons (Fsp3) is 0.778. The quantitative estimate of drug-likeness (QED) is 0.641. The SMILES string of the molecule is O=C(ON1CCNCC1=O)N1CCCC1. The van der Waals surface area contributed by atoms with Gasteiger partial charge in [0.1, 0.15) is 0 Å². The van der Waals surface area contributed by atoms with E-state index in [1.165, 1.54) is 0 Å². The Labute approximate surface area is 88.1 Å². The number of rotatable bonds is 1. The van der Waals surface area contributed by atoms with E-state index in [2.05, 4.69) is 5.32 Å². The third-order valence-electron chi connectivity index (χ3n) is 2.60. The number of carbonyl (C=O) groups is 2. The zero-order chi connectivity index (χ0) is 10.7. The Bertz CT molecular complexity index is 263. The minimum atomic E-state index is -0.400. The Morgan fingerprint density at radius 2 is 2.00 bits per heavy atom. The Hall–Kier alpha value is -1.30. The minimum Gasteiger partial charge on any atom is -0.319 e. The molecule has 0 saturated carbocycles. The molecule has 2 rings (SSSR count). The van der Waals surface area contributed by atoms with Gasteiger partial charge < -0.3 is 15.1 Å². The van der Waals surface area contributed by atoms with E-state index >= 15 is 0 Å². The summed E-state index contributed by atoms with van der Waals surface area (Å²) in [6.45, 7) is 2.81. The van der Waals surface area contributed by atoms with Crippen LogP contribution in [0.1, 0.15) is 12.8 Å². The van der Waals surface area contributed by atoms with Crippen LogP contribution in [0.25, 0.3) is 0 Å². The normalized spacial score (nSPS) is 22.0. The van der Waals surface area contributed by atoms with Crippen LogP contribution in [-0.4, -0.2) is 54.7 Å². The van der Waals surface area contributed by atoms with E-state index < -0.39 is 6.09 Å². The number of likely N-dealkylation sites (tertiary alicyclic amines) is 1. The van der Waals surface area contributed by atoms with Gasteiger partial charge in [-0.1, -0.05) is 0 Å². The van der Waals surface area contributed by atoms with Crippen LogP contribution in [-0.2, 0) is 9.63 Å². The minimum absolute atomic E-state index is 0.186. The van der Waals surface area contributed by atoms with Crippen LogP contribution in [0.15, 0.2) is 0 Å². The summed E-state index contributed by atoms with van der Waals surface area (Å²) in [5.74, 6) is -0.186. The molecule has 1 N–H and O–H groups in total. The number of hydrogen-bond acceptors (Lipinski definition) is 4. The molecule has 0 atom stereocenters. The molecule has 2 aliphatic heterocycles. The smallest absolute Gasteiger partial charge is 0.319 e. The van der Waals surface area contributed by atoms with Gasteiger partial charge in [0.2, 0.25) is 0 Å². The van der Waals surface area contributed by atoms with E-state index in [0.717, 1.165) is 31.0 Å². The number of nitrogens with one attached hydrogen (secondary N) is 1. The molecule has 2 fully saturated rings. The zero-order valence-electron chi connectivity index (χ0n) is 8.57. The lowest BCUT2D eigenvalue weighted by molar-refractivity contribution is -0.170. The largest absolute Gasteiger partial charge is 0.434 e. The maximum absolute atomic E-state index is 11.5. The summed E-state index contributed by atoms with van der Waals surface area (Å²) >= 11 is 0. The average molecular weight is 213 g/mol. The molecule has 2 saturated heterocycles. The fourth-order valence-electron chi connectivity index (χ4n) is 1.74. The number of piperazine rings is 1. The molecule has 0 spiro atoms. The first-order valence-corrected chi connectivity index (χ1v) is 5.25. The average Bonchev–Trinajstić information content (AvgIpc) is 2.74. The molecule has 0 bridgehead atoms. The van der Waals surface area contributed by atoms with Gasteiger partial charge in [-0.05, 0) is 12.8 Å². The van der Waals surface area contributed by atoms with Crippen molar-refractivity contribution in [2.75, 3.05) is 32.7 Å². The topological polar surface area (TPSA) is 61.9 Å². The summed E-state index contributed by atoms with van der Waals surface area (Å²) in [5.41, 5.74) is 0. The second-order valence-electron chi connectivity index (χ2n) is 3.72. The molecule has 0 aromatic rings. The van der Waals surface area contributed by atoms with Crippen molar-refractivity contribution in [2.45, 2.75) is 12.8 Å². The molecule has 84 valence electrons. The lowest BCUT2D eigenvalue weighted by Crippen LogP contribution is -2.50. The van der Waals surface area contributed by atoms with E-state index in [1.54, 1.807) is 4.90 Å². The Balaban J connectivity index is 1.84. The zero-order valence-corrected chi connectivity index (χ0v) is 8.57. The van der Waals surface area contributed by atoms with Crippen LogP contribution in [0.2, 0.25) is 0 Å². The van der Waals surface area contributed by atoms with Gasteiger partial charge in [-0.3, -0.25) is 4.79 Å². The molecule has 0 radical (unpaired) electrons. The Kier molecular flexibility index (Phi) is 3.05. The van der Waals surface area contributed by atoms with Gasteiger partial charge in [0.15, 0.2) is 0 Å². The molecule has 2 heterocycles. The first-order chi connectivity index (χ1) is 7.27. The molecule has 0 aliphatic carbocycles. The Morgan fingerprint density at radius 1 is 1.27 bits per heavy atom. The van der Waals surface area contributed by atoms with Gasteiger partial charge >= 0.3 is 6.09 Å². The summed E-state index contributed by atoms with van der Waals surface area (Å²) in [7, 11) is 0. The number of carbonyl (C=O) groups excluding carboxylic acids is 2. The van der Waals surface area contributed by atoms with Crippen LogP contribution < -0.4 is 5.32 Å². The third kappa shape index (κ3) is 2.38. The summed E-state index contributed by atoms with van der Waals surface area (Å²) in [5, 5.41) is 4.06. The van der Waals surface area contributed by atoms with E-state index in [9.17, 15) is 9.59 Å². The lowest BCUT2D eigenvalue weighted by atomic mass is 10.4. The molecular weight excluding hydrogens is 198 g/mol. The van der Waals surface area contributed by atoms with Crippen LogP contribution in [0.4, 0.5) is 4.79 Å². The second-order valence-corrected chi connectivity index (χ2v) is 3.72. The number of nitrogens with zero attached hydrogens (tertiary/aromatic N) is 2. The molecule has 2 aliphatic rings. The van der Waals surface area contributed by atoms with Gasteiger partial charge in [0.25, 0.3) is 5.91 Å². The highest BCUT2D eigenvalue weighted by Crippen LogP contribution is 2.10. The van der Waals surface area contributed by atoms with Crippen molar-refractivity contribution in [3.63, 3.8) is 0 Å². The summed E-state index contributed by atoms with van der Waals surface area (Å²) < 4.78 is 0. The van der Waals surface area contributed by atoms with Crippen molar-refractivity contribution in [1.29, 1.82) is 0 Å².